The average Bonchev–Trinajstić information content (AvgIpc) is 3.19. The Labute approximate surface area is 149 Å². The van der Waals surface area contributed by atoms with Crippen molar-refractivity contribution < 1.29 is 13.2 Å². The summed E-state index contributed by atoms with van der Waals surface area (Å²) in [6.07, 6.45) is -1.61. The molecule has 3 heterocycles. The number of pyridine rings is 1. The van der Waals surface area contributed by atoms with Crippen LogP contribution in [0.25, 0.3) is 11.2 Å². The first-order chi connectivity index (χ1) is 12.4. The first-order valence-electron chi connectivity index (χ1n) is 8.57. The summed E-state index contributed by atoms with van der Waals surface area (Å²) in [5.41, 5.74) is 1.83. The third-order valence-corrected chi connectivity index (χ3v) is 4.96. The van der Waals surface area contributed by atoms with Crippen molar-refractivity contribution >= 4 is 11.2 Å². The van der Waals surface area contributed by atoms with Crippen LogP contribution in [0.5, 0.6) is 0 Å². The summed E-state index contributed by atoms with van der Waals surface area (Å²) in [4.78, 5) is 11.3. The van der Waals surface area contributed by atoms with Crippen molar-refractivity contribution in [2.24, 2.45) is 7.05 Å². The molecule has 1 fully saturated rings. The molecule has 0 spiro atoms. The van der Waals surface area contributed by atoms with Crippen LogP contribution in [0.3, 0.4) is 0 Å². The smallest absolute Gasteiger partial charge is 0.316 e. The minimum absolute atomic E-state index is 0.264. The minimum Gasteiger partial charge on any atom is -0.316 e. The number of alkyl halides is 3. The van der Waals surface area contributed by atoms with E-state index in [0.29, 0.717) is 12.1 Å². The van der Waals surface area contributed by atoms with Gasteiger partial charge in [0.05, 0.1) is 5.56 Å². The highest BCUT2D eigenvalue weighted by Crippen LogP contribution is 2.32. The quantitative estimate of drug-likeness (QED) is 0.709. The standard InChI is InChI=1S/C19H19F3N4/c1-25-17(24-16-6-3-8-23-18(16)25)14-7-9-26(12-14)11-13-4-2-5-15(10-13)19(20,21)22/h2-6,8,10,14H,7,9,11-12H2,1H3/t14-/m1/s1. The lowest BCUT2D eigenvalue weighted by molar-refractivity contribution is -0.137. The van der Waals surface area contributed by atoms with E-state index in [1.54, 1.807) is 12.3 Å². The van der Waals surface area contributed by atoms with Crippen molar-refractivity contribution in [1.82, 2.24) is 19.4 Å². The second-order valence-electron chi connectivity index (χ2n) is 6.79. The van der Waals surface area contributed by atoms with Crippen LogP contribution in [0.4, 0.5) is 13.2 Å². The lowest BCUT2D eigenvalue weighted by Crippen LogP contribution is -2.20. The Hall–Kier alpha value is -2.41. The largest absolute Gasteiger partial charge is 0.416 e. The Balaban J connectivity index is 1.49. The monoisotopic (exact) mass is 360 g/mol. The molecule has 1 aliphatic rings. The minimum atomic E-state index is -4.30. The third kappa shape index (κ3) is 3.19. The van der Waals surface area contributed by atoms with Gasteiger partial charge in [0.25, 0.3) is 0 Å². The molecule has 0 N–H and O–H groups in total. The summed E-state index contributed by atoms with van der Waals surface area (Å²) in [6.45, 7) is 2.15. The predicted molar refractivity (Wildman–Crippen MR) is 92.6 cm³/mol. The van der Waals surface area contributed by atoms with Gasteiger partial charge in [-0.05, 0) is 36.7 Å². The molecule has 0 radical (unpaired) electrons. The van der Waals surface area contributed by atoms with Crippen LogP contribution >= 0.6 is 0 Å². The molecule has 2 aromatic heterocycles. The molecule has 1 saturated heterocycles. The Morgan fingerprint density at radius 1 is 1.19 bits per heavy atom. The zero-order valence-electron chi connectivity index (χ0n) is 14.4. The molecule has 3 aromatic rings. The average molecular weight is 360 g/mol. The molecule has 0 aliphatic carbocycles. The molecule has 0 bridgehead atoms. The number of fused-ring (bicyclic) bond motifs is 1. The van der Waals surface area contributed by atoms with Gasteiger partial charge in [0, 0.05) is 32.3 Å². The molecule has 7 heteroatoms. The Bertz CT molecular complexity index is 932. The lowest BCUT2D eigenvalue weighted by Gasteiger charge is -2.17. The fourth-order valence-electron chi connectivity index (χ4n) is 3.70. The summed E-state index contributed by atoms with van der Waals surface area (Å²) >= 11 is 0. The molecule has 1 atom stereocenters. The first kappa shape index (κ1) is 17.0. The number of hydrogen-bond acceptors (Lipinski definition) is 3. The van der Waals surface area contributed by atoms with Crippen molar-refractivity contribution in [3.63, 3.8) is 0 Å². The van der Waals surface area contributed by atoms with Gasteiger partial charge in [0.15, 0.2) is 5.65 Å². The highest BCUT2D eigenvalue weighted by molar-refractivity contribution is 5.71. The number of nitrogens with zero attached hydrogens (tertiary/aromatic N) is 4. The van der Waals surface area contributed by atoms with Crippen LogP contribution in [0.1, 0.15) is 29.3 Å². The van der Waals surface area contributed by atoms with E-state index < -0.39 is 11.7 Å². The molecule has 1 aliphatic heterocycles. The number of likely N-dealkylation sites (tertiary alicyclic amines) is 1. The number of aryl methyl sites for hydroxylation is 1. The maximum atomic E-state index is 12.9. The van der Waals surface area contributed by atoms with Crippen molar-refractivity contribution in [3.8, 4) is 0 Å². The van der Waals surface area contributed by atoms with Gasteiger partial charge in [-0.2, -0.15) is 13.2 Å². The van der Waals surface area contributed by atoms with Gasteiger partial charge in [-0.3, -0.25) is 4.90 Å². The molecule has 4 nitrogen and oxygen atoms in total. The van der Waals surface area contributed by atoms with Gasteiger partial charge in [0.2, 0.25) is 0 Å². The van der Waals surface area contributed by atoms with Crippen molar-refractivity contribution in [1.29, 1.82) is 0 Å². The SMILES string of the molecule is Cn1c([C@@H]2CCN(Cc3cccc(C(F)(F)F)c3)C2)nc2cccnc21. The Morgan fingerprint density at radius 2 is 2.04 bits per heavy atom. The van der Waals surface area contributed by atoms with Crippen LogP contribution < -0.4 is 0 Å². The number of benzene rings is 1. The normalized spacial score (nSPS) is 18.7. The molecular weight excluding hydrogens is 341 g/mol. The zero-order chi connectivity index (χ0) is 18.3. The van der Waals surface area contributed by atoms with Crippen LogP contribution in [0.2, 0.25) is 0 Å². The van der Waals surface area contributed by atoms with E-state index in [2.05, 4.69) is 9.88 Å². The molecule has 0 amide bonds. The van der Waals surface area contributed by atoms with E-state index in [1.807, 2.05) is 23.7 Å². The van der Waals surface area contributed by atoms with Crippen molar-refractivity contribution in [2.45, 2.75) is 25.1 Å². The highest BCUT2D eigenvalue weighted by Gasteiger charge is 2.31. The van der Waals surface area contributed by atoms with Crippen molar-refractivity contribution in [3.05, 3.63) is 59.5 Å². The number of rotatable bonds is 3. The fraction of sp³-hybridized carbons (Fsp3) is 0.368. The Kier molecular flexibility index (Phi) is 4.19. The van der Waals surface area contributed by atoms with Crippen molar-refractivity contribution in [2.75, 3.05) is 13.1 Å². The zero-order valence-corrected chi connectivity index (χ0v) is 14.4. The molecule has 26 heavy (non-hydrogen) atoms. The summed E-state index contributed by atoms with van der Waals surface area (Å²) in [5, 5.41) is 0. The molecule has 1 aromatic carbocycles. The van der Waals surface area contributed by atoms with Gasteiger partial charge in [0.1, 0.15) is 11.3 Å². The van der Waals surface area contributed by atoms with Gasteiger partial charge in [-0.1, -0.05) is 18.2 Å². The molecule has 0 unspecified atom stereocenters. The second-order valence-corrected chi connectivity index (χ2v) is 6.79. The molecule has 4 rings (SSSR count). The van der Waals surface area contributed by atoms with Crippen LogP contribution in [0.15, 0.2) is 42.6 Å². The summed E-state index contributed by atoms with van der Waals surface area (Å²) in [5.74, 6) is 1.25. The first-order valence-corrected chi connectivity index (χ1v) is 8.57. The number of hydrogen-bond donors (Lipinski definition) is 0. The topological polar surface area (TPSA) is 34.0 Å². The second kappa shape index (κ2) is 6.39. The van der Waals surface area contributed by atoms with Gasteiger partial charge in [-0.25, -0.2) is 9.97 Å². The highest BCUT2D eigenvalue weighted by atomic mass is 19.4. The molecular formula is C19H19F3N4. The number of halogens is 3. The van der Waals surface area contributed by atoms with Gasteiger partial charge >= 0.3 is 6.18 Å². The van der Waals surface area contributed by atoms with Gasteiger partial charge in [-0.15, -0.1) is 0 Å². The van der Waals surface area contributed by atoms with E-state index in [4.69, 9.17) is 4.98 Å². The lowest BCUT2D eigenvalue weighted by atomic mass is 10.1. The van der Waals surface area contributed by atoms with Crippen LogP contribution in [-0.2, 0) is 19.8 Å². The molecule has 136 valence electrons. The maximum absolute atomic E-state index is 12.9. The molecule has 0 saturated carbocycles. The summed E-state index contributed by atoms with van der Waals surface area (Å²) in [7, 11) is 1.97. The van der Waals surface area contributed by atoms with E-state index in [9.17, 15) is 13.2 Å². The Morgan fingerprint density at radius 3 is 2.81 bits per heavy atom. The van der Waals surface area contributed by atoms with Gasteiger partial charge < -0.3 is 4.57 Å². The van der Waals surface area contributed by atoms with E-state index in [-0.39, 0.29) is 5.92 Å². The van der Waals surface area contributed by atoms with E-state index in [1.165, 1.54) is 12.1 Å². The van der Waals surface area contributed by atoms with E-state index >= 15 is 0 Å². The summed E-state index contributed by atoms with van der Waals surface area (Å²) < 4.78 is 40.7. The van der Waals surface area contributed by atoms with Crippen LogP contribution in [0, 0.1) is 0 Å². The van der Waals surface area contributed by atoms with Crippen LogP contribution in [-0.4, -0.2) is 32.5 Å². The third-order valence-electron chi connectivity index (χ3n) is 4.96. The fourth-order valence-corrected chi connectivity index (χ4v) is 3.70. The maximum Gasteiger partial charge on any atom is 0.416 e. The predicted octanol–water partition coefficient (Wildman–Crippen LogP) is 3.98. The number of imidazole rings is 1. The summed E-state index contributed by atoms with van der Waals surface area (Å²) in [6, 6.07) is 9.40. The number of aromatic nitrogens is 3. The van der Waals surface area contributed by atoms with E-state index in [0.717, 1.165) is 42.6 Å².